The van der Waals surface area contributed by atoms with Crippen LogP contribution in [0.3, 0.4) is 0 Å². The standard InChI is InChI=1S/C18H20FNO/c1-4-20(12-15-9-5-7-13(2)11-15)18(21)16-10-6-8-14(3)17(16)19/h5-11H,4,12H2,1-3H3. The van der Waals surface area contributed by atoms with E-state index in [1.807, 2.05) is 38.1 Å². The SMILES string of the molecule is CCN(Cc1cccc(C)c1)C(=O)c1cccc(C)c1F. The van der Waals surface area contributed by atoms with Crippen molar-refractivity contribution in [3.05, 3.63) is 70.5 Å². The van der Waals surface area contributed by atoms with Gasteiger partial charge in [-0.15, -0.1) is 0 Å². The van der Waals surface area contributed by atoms with Gasteiger partial charge in [-0.2, -0.15) is 0 Å². The molecule has 1 amide bonds. The molecule has 0 atom stereocenters. The van der Waals surface area contributed by atoms with Crippen molar-refractivity contribution >= 4 is 5.91 Å². The van der Waals surface area contributed by atoms with Gasteiger partial charge < -0.3 is 4.90 Å². The Labute approximate surface area is 125 Å². The molecule has 0 saturated heterocycles. The third-order valence-corrected chi connectivity index (χ3v) is 3.55. The highest BCUT2D eigenvalue weighted by Gasteiger charge is 2.19. The molecule has 0 aliphatic heterocycles. The Morgan fingerprint density at radius 1 is 1.14 bits per heavy atom. The van der Waals surface area contributed by atoms with Gasteiger partial charge in [-0.25, -0.2) is 4.39 Å². The second-order valence-electron chi connectivity index (χ2n) is 5.24. The van der Waals surface area contributed by atoms with E-state index in [2.05, 4.69) is 0 Å². The molecule has 0 unspecified atom stereocenters. The Morgan fingerprint density at radius 2 is 1.86 bits per heavy atom. The first-order valence-electron chi connectivity index (χ1n) is 7.13. The first-order valence-corrected chi connectivity index (χ1v) is 7.13. The molecule has 0 aliphatic carbocycles. The highest BCUT2D eigenvalue weighted by molar-refractivity contribution is 5.94. The number of hydrogen-bond donors (Lipinski definition) is 0. The maximum Gasteiger partial charge on any atom is 0.257 e. The van der Waals surface area contributed by atoms with E-state index in [1.54, 1.807) is 30.0 Å². The first kappa shape index (κ1) is 15.2. The van der Waals surface area contributed by atoms with E-state index >= 15 is 0 Å². The van der Waals surface area contributed by atoms with E-state index in [-0.39, 0.29) is 11.5 Å². The molecule has 2 rings (SSSR count). The van der Waals surface area contributed by atoms with Crippen molar-refractivity contribution in [3.63, 3.8) is 0 Å². The van der Waals surface area contributed by atoms with Crippen LogP contribution in [0, 0.1) is 19.7 Å². The van der Waals surface area contributed by atoms with E-state index in [0.29, 0.717) is 18.7 Å². The molecule has 2 aromatic carbocycles. The van der Waals surface area contributed by atoms with E-state index in [9.17, 15) is 9.18 Å². The number of benzene rings is 2. The molecule has 0 aromatic heterocycles. The average molecular weight is 285 g/mol. The lowest BCUT2D eigenvalue weighted by Crippen LogP contribution is -2.31. The molecule has 3 heteroatoms. The van der Waals surface area contributed by atoms with Crippen LogP contribution < -0.4 is 0 Å². The predicted octanol–water partition coefficient (Wildman–Crippen LogP) is 4.10. The van der Waals surface area contributed by atoms with E-state index < -0.39 is 5.82 Å². The van der Waals surface area contributed by atoms with Crippen molar-refractivity contribution in [1.29, 1.82) is 0 Å². The van der Waals surface area contributed by atoms with E-state index in [4.69, 9.17) is 0 Å². The van der Waals surface area contributed by atoms with Gasteiger partial charge in [-0.1, -0.05) is 42.0 Å². The topological polar surface area (TPSA) is 20.3 Å². The number of amides is 1. The van der Waals surface area contributed by atoms with E-state index in [0.717, 1.165) is 11.1 Å². The average Bonchev–Trinajstić information content (AvgIpc) is 2.47. The van der Waals surface area contributed by atoms with Crippen LogP contribution >= 0.6 is 0 Å². The van der Waals surface area contributed by atoms with Crippen molar-refractivity contribution in [1.82, 2.24) is 4.90 Å². The summed E-state index contributed by atoms with van der Waals surface area (Å²) >= 11 is 0. The molecular formula is C18H20FNO. The summed E-state index contributed by atoms with van der Waals surface area (Å²) in [5.41, 5.74) is 2.84. The summed E-state index contributed by atoms with van der Waals surface area (Å²) in [5.74, 6) is -0.689. The van der Waals surface area contributed by atoms with Crippen LogP contribution in [0.2, 0.25) is 0 Å². The summed E-state index contributed by atoms with van der Waals surface area (Å²) in [6, 6.07) is 12.9. The van der Waals surface area contributed by atoms with Crippen molar-refractivity contribution in [2.45, 2.75) is 27.3 Å². The molecule has 0 aliphatic rings. The number of hydrogen-bond acceptors (Lipinski definition) is 1. The number of carbonyl (C=O) groups is 1. The molecule has 0 spiro atoms. The summed E-state index contributed by atoms with van der Waals surface area (Å²) in [7, 11) is 0. The smallest absolute Gasteiger partial charge is 0.257 e. The number of rotatable bonds is 4. The largest absolute Gasteiger partial charge is 0.335 e. The molecule has 0 N–H and O–H groups in total. The summed E-state index contributed by atoms with van der Waals surface area (Å²) < 4.78 is 14.1. The highest BCUT2D eigenvalue weighted by atomic mass is 19.1. The third kappa shape index (κ3) is 3.48. The van der Waals surface area contributed by atoms with Crippen LogP contribution in [0.4, 0.5) is 4.39 Å². The normalized spacial score (nSPS) is 10.5. The fourth-order valence-electron chi connectivity index (χ4n) is 2.34. The van der Waals surface area contributed by atoms with E-state index in [1.165, 1.54) is 0 Å². The summed E-state index contributed by atoms with van der Waals surface area (Å²) in [5, 5.41) is 0. The van der Waals surface area contributed by atoms with Gasteiger partial charge in [-0.3, -0.25) is 4.79 Å². The Kier molecular flexibility index (Phi) is 4.73. The van der Waals surface area contributed by atoms with Crippen molar-refractivity contribution < 1.29 is 9.18 Å². The van der Waals surface area contributed by atoms with Crippen LogP contribution in [0.1, 0.15) is 34.0 Å². The number of carbonyl (C=O) groups excluding carboxylic acids is 1. The molecular weight excluding hydrogens is 265 g/mol. The highest BCUT2D eigenvalue weighted by Crippen LogP contribution is 2.16. The Balaban J connectivity index is 2.25. The molecule has 110 valence electrons. The lowest BCUT2D eigenvalue weighted by molar-refractivity contribution is 0.0747. The van der Waals surface area contributed by atoms with Crippen molar-refractivity contribution in [2.75, 3.05) is 6.54 Å². The lowest BCUT2D eigenvalue weighted by atomic mass is 10.1. The minimum atomic E-state index is -0.426. The van der Waals surface area contributed by atoms with Crippen molar-refractivity contribution in [3.8, 4) is 0 Å². The monoisotopic (exact) mass is 285 g/mol. The zero-order chi connectivity index (χ0) is 15.4. The third-order valence-electron chi connectivity index (χ3n) is 3.55. The molecule has 0 radical (unpaired) electrons. The first-order chi connectivity index (χ1) is 10.0. The quantitative estimate of drug-likeness (QED) is 0.828. The molecule has 21 heavy (non-hydrogen) atoms. The van der Waals surface area contributed by atoms with Gasteiger partial charge in [0.15, 0.2) is 0 Å². The molecule has 0 bridgehead atoms. The molecule has 2 aromatic rings. The van der Waals surface area contributed by atoms with Gasteiger partial charge in [0.2, 0.25) is 0 Å². The van der Waals surface area contributed by atoms with Gasteiger partial charge in [0.1, 0.15) is 5.82 Å². The molecule has 0 heterocycles. The van der Waals surface area contributed by atoms with Gasteiger partial charge in [0.05, 0.1) is 5.56 Å². The zero-order valence-corrected chi connectivity index (χ0v) is 12.7. The number of nitrogens with zero attached hydrogens (tertiary/aromatic N) is 1. The van der Waals surface area contributed by atoms with Crippen LogP contribution in [0.25, 0.3) is 0 Å². The minimum Gasteiger partial charge on any atom is -0.335 e. The summed E-state index contributed by atoms with van der Waals surface area (Å²) in [6.45, 7) is 6.62. The minimum absolute atomic E-state index is 0.143. The molecule has 2 nitrogen and oxygen atoms in total. The number of aryl methyl sites for hydroxylation is 2. The zero-order valence-electron chi connectivity index (χ0n) is 12.7. The molecule has 0 fully saturated rings. The number of halogens is 1. The van der Waals surface area contributed by atoms with Gasteiger partial charge >= 0.3 is 0 Å². The van der Waals surface area contributed by atoms with Crippen LogP contribution in [-0.4, -0.2) is 17.4 Å². The van der Waals surface area contributed by atoms with Gasteiger partial charge in [0, 0.05) is 13.1 Å². The maximum absolute atomic E-state index is 14.1. The fourth-order valence-corrected chi connectivity index (χ4v) is 2.34. The Bertz CT molecular complexity index is 651. The Morgan fingerprint density at radius 3 is 2.52 bits per heavy atom. The van der Waals surface area contributed by atoms with Crippen molar-refractivity contribution in [2.24, 2.45) is 0 Å². The van der Waals surface area contributed by atoms with Crippen LogP contribution in [0.15, 0.2) is 42.5 Å². The lowest BCUT2D eigenvalue weighted by Gasteiger charge is -2.22. The second kappa shape index (κ2) is 6.53. The predicted molar refractivity (Wildman–Crippen MR) is 82.7 cm³/mol. The van der Waals surface area contributed by atoms with Gasteiger partial charge in [-0.05, 0) is 38.0 Å². The second-order valence-corrected chi connectivity index (χ2v) is 5.24. The fraction of sp³-hybridized carbons (Fsp3) is 0.278. The summed E-state index contributed by atoms with van der Waals surface area (Å²) in [4.78, 5) is 14.2. The molecule has 0 saturated carbocycles. The maximum atomic E-state index is 14.1. The van der Waals surface area contributed by atoms with Crippen LogP contribution in [-0.2, 0) is 6.54 Å². The summed E-state index contributed by atoms with van der Waals surface area (Å²) in [6.07, 6.45) is 0. The van der Waals surface area contributed by atoms with Gasteiger partial charge in [0.25, 0.3) is 5.91 Å². The van der Waals surface area contributed by atoms with Crippen LogP contribution in [0.5, 0.6) is 0 Å². The Hall–Kier alpha value is -2.16.